The van der Waals surface area contributed by atoms with Crippen molar-refractivity contribution in [3.63, 3.8) is 0 Å². The molecule has 1 aliphatic heterocycles. The van der Waals surface area contributed by atoms with Gasteiger partial charge in [-0.25, -0.2) is 9.78 Å². The molecule has 2 aromatic carbocycles. The fourth-order valence-electron chi connectivity index (χ4n) is 4.50. The Morgan fingerprint density at radius 2 is 1.91 bits per heavy atom. The first-order valence-electron chi connectivity index (χ1n) is 11.1. The number of hydrogen-bond acceptors (Lipinski definition) is 5. The Hall–Kier alpha value is -3.87. The van der Waals surface area contributed by atoms with Crippen LogP contribution < -0.4 is 10.4 Å². The minimum absolute atomic E-state index is 0.0650. The van der Waals surface area contributed by atoms with Crippen molar-refractivity contribution in [1.82, 2.24) is 14.5 Å². The zero-order valence-corrected chi connectivity index (χ0v) is 18.4. The van der Waals surface area contributed by atoms with Crippen LogP contribution in [0, 0.1) is 5.92 Å². The second-order valence-electron chi connectivity index (χ2n) is 8.33. The molecule has 33 heavy (non-hydrogen) atoms. The van der Waals surface area contributed by atoms with E-state index in [0.29, 0.717) is 35.7 Å². The lowest BCUT2D eigenvalue weighted by atomic mass is 9.96. The van der Waals surface area contributed by atoms with Crippen LogP contribution in [0.15, 0.2) is 76.2 Å². The van der Waals surface area contributed by atoms with Crippen molar-refractivity contribution in [2.24, 2.45) is 5.92 Å². The molecule has 7 nitrogen and oxygen atoms in total. The maximum atomic E-state index is 13.1. The molecule has 0 spiro atoms. The Kier molecular flexibility index (Phi) is 5.69. The molecule has 0 radical (unpaired) electrons. The highest BCUT2D eigenvalue weighted by atomic mass is 16.5. The second kappa shape index (κ2) is 8.94. The Bertz CT molecular complexity index is 1330. The molecule has 5 rings (SSSR count). The summed E-state index contributed by atoms with van der Waals surface area (Å²) in [4.78, 5) is 31.9. The number of aromatic nitrogens is 2. The largest absolute Gasteiger partial charge is 0.493 e. The monoisotopic (exact) mass is 443 g/mol. The van der Waals surface area contributed by atoms with E-state index >= 15 is 0 Å². The number of methoxy groups -OCH3 is 1. The van der Waals surface area contributed by atoms with Gasteiger partial charge in [0.1, 0.15) is 11.4 Å². The third-order valence-corrected chi connectivity index (χ3v) is 6.28. The minimum atomic E-state index is -0.634. The van der Waals surface area contributed by atoms with Crippen LogP contribution in [0.25, 0.3) is 22.4 Å². The van der Waals surface area contributed by atoms with Crippen LogP contribution in [0.3, 0.4) is 0 Å². The lowest BCUT2D eigenvalue weighted by Crippen LogP contribution is -2.40. The molecule has 4 aromatic rings. The number of para-hydroxylation sites is 1. The standard InChI is InChI=1S/C26H25N3O4/c1-32-22-9-5-8-20-16-21(26(31)33-23(20)22)25(30)28-13-10-18(11-14-28)17-29-15-12-27-24(29)19-6-3-2-4-7-19/h2-9,12,15-16,18H,10-11,13-14,17H2,1H3. The van der Waals surface area contributed by atoms with Gasteiger partial charge >= 0.3 is 5.63 Å². The van der Waals surface area contributed by atoms with Crippen molar-refractivity contribution in [1.29, 1.82) is 0 Å². The predicted molar refractivity (Wildman–Crippen MR) is 125 cm³/mol. The highest BCUT2D eigenvalue weighted by molar-refractivity contribution is 5.97. The first kappa shape index (κ1) is 21.0. The van der Waals surface area contributed by atoms with Crippen LogP contribution in [0.4, 0.5) is 0 Å². The SMILES string of the molecule is COc1cccc2cc(C(=O)N3CCC(Cn4ccnc4-c4ccccc4)CC3)c(=O)oc12. The lowest BCUT2D eigenvalue weighted by Gasteiger charge is -2.32. The zero-order valence-electron chi connectivity index (χ0n) is 18.4. The summed E-state index contributed by atoms with van der Waals surface area (Å²) < 4.78 is 12.9. The van der Waals surface area contributed by atoms with Crippen LogP contribution in [-0.2, 0) is 6.54 Å². The number of piperidine rings is 1. The molecule has 2 aromatic heterocycles. The average molecular weight is 444 g/mol. The van der Waals surface area contributed by atoms with Crippen LogP contribution in [0.5, 0.6) is 5.75 Å². The molecule has 1 aliphatic rings. The van der Waals surface area contributed by atoms with E-state index in [1.54, 1.807) is 29.2 Å². The number of imidazole rings is 1. The summed E-state index contributed by atoms with van der Waals surface area (Å²) in [5.41, 5.74) is 0.879. The van der Waals surface area contributed by atoms with E-state index in [1.165, 1.54) is 7.11 Å². The van der Waals surface area contributed by atoms with Gasteiger partial charge in [-0.1, -0.05) is 42.5 Å². The number of fused-ring (bicyclic) bond motifs is 1. The summed E-state index contributed by atoms with van der Waals surface area (Å²) in [6, 6.07) is 17.1. The third-order valence-electron chi connectivity index (χ3n) is 6.28. The molecule has 0 aliphatic carbocycles. The molecule has 1 fully saturated rings. The van der Waals surface area contributed by atoms with Gasteiger partial charge in [-0.15, -0.1) is 0 Å². The van der Waals surface area contributed by atoms with Crippen LogP contribution in [0.2, 0.25) is 0 Å². The zero-order chi connectivity index (χ0) is 22.8. The quantitative estimate of drug-likeness (QED) is 0.432. The Balaban J connectivity index is 1.28. The summed E-state index contributed by atoms with van der Waals surface area (Å²) in [6.07, 6.45) is 5.57. The second-order valence-corrected chi connectivity index (χ2v) is 8.33. The molecule has 0 N–H and O–H groups in total. The number of rotatable bonds is 5. The number of amides is 1. The van der Waals surface area contributed by atoms with E-state index in [9.17, 15) is 9.59 Å². The Labute approximate surface area is 191 Å². The number of hydrogen-bond donors (Lipinski definition) is 0. The molecule has 0 saturated carbocycles. The van der Waals surface area contributed by atoms with Gasteiger partial charge in [-0.05, 0) is 30.9 Å². The summed E-state index contributed by atoms with van der Waals surface area (Å²) in [6.45, 7) is 2.06. The van der Waals surface area contributed by atoms with E-state index in [2.05, 4.69) is 21.7 Å². The topological polar surface area (TPSA) is 77.6 Å². The van der Waals surface area contributed by atoms with Gasteiger partial charge in [0.15, 0.2) is 11.3 Å². The number of carbonyl (C=O) groups excluding carboxylic acids is 1. The van der Waals surface area contributed by atoms with E-state index in [1.807, 2.05) is 30.6 Å². The van der Waals surface area contributed by atoms with Crippen molar-refractivity contribution in [2.75, 3.05) is 20.2 Å². The van der Waals surface area contributed by atoms with Crippen LogP contribution >= 0.6 is 0 Å². The molecule has 168 valence electrons. The lowest BCUT2D eigenvalue weighted by molar-refractivity contribution is 0.0679. The highest BCUT2D eigenvalue weighted by Crippen LogP contribution is 2.26. The minimum Gasteiger partial charge on any atom is -0.493 e. The molecule has 1 saturated heterocycles. The molecular formula is C26H25N3O4. The number of likely N-dealkylation sites (tertiary alicyclic amines) is 1. The van der Waals surface area contributed by atoms with Gasteiger partial charge in [0, 0.05) is 43.0 Å². The molecule has 3 heterocycles. The number of carbonyl (C=O) groups is 1. The molecular weight excluding hydrogens is 418 g/mol. The van der Waals surface area contributed by atoms with Crippen molar-refractivity contribution >= 4 is 16.9 Å². The van der Waals surface area contributed by atoms with E-state index in [4.69, 9.17) is 9.15 Å². The smallest absolute Gasteiger partial charge is 0.349 e. The number of benzene rings is 2. The van der Waals surface area contributed by atoms with Crippen LogP contribution in [-0.4, -0.2) is 40.6 Å². The molecule has 0 atom stereocenters. The molecule has 0 bridgehead atoms. The Morgan fingerprint density at radius 1 is 1.12 bits per heavy atom. The first-order chi connectivity index (χ1) is 16.1. The normalized spacial score (nSPS) is 14.5. The first-order valence-corrected chi connectivity index (χ1v) is 11.1. The molecule has 1 amide bonds. The summed E-state index contributed by atoms with van der Waals surface area (Å²) in [5, 5.41) is 0.667. The Morgan fingerprint density at radius 3 is 2.67 bits per heavy atom. The van der Waals surface area contributed by atoms with Gasteiger partial charge in [-0.2, -0.15) is 0 Å². The van der Waals surface area contributed by atoms with Gasteiger partial charge in [-0.3, -0.25) is 4.79 Å². The average Bonchev–Trinajstić information content (AvgIpc) is 3.32. The predicted octanol–water partition coefficient (Wildman–Crippen LogP) is 4.22. The molecule has 7 heteroatoms. The van der Waals surface area contributed by atoms with Crippen molar-refractivity contribution < 1.29 is 13.9 Å². The summed E-state index contributed by atoms with van der Waals surface area (Å²) >= 11 is 0. The van der Waals surface area contributed by atoms with E-state index in [0.717, 1.165) is 30.8 Å². The summed E-state index contributed by atoms with van der Waals surface area (Å²) in [5.74, 6) is 1.58. The van der Waals surface area contributed by atoms with E-state index in [-0.39, 0.29) is 11.5 Å². The number of nitrogens with zero attached hydrogens (tertiary/aromatic N) is 3. The fraction of sp³-hybridized carbons (Fsp3) is 0.269. The van der Waals surface area contributed by atoms with Crippen molar-refractivity contribution in [2.45, 2.75) is 19.4 Å². The van der Waals surface area contributed by atoms with Gasteiger partial charge < -0.3 is 18.6 Å². The maximum Gasteiger partial charge on any atom is 0.349 e. The van der Waals surface area contributed by atoms with Crippen LogP contribution in [0.1, 0.15) is 23.2 Å². The summed E-state index contributed by atoms with van der Waals surface area (Å²) in [7, 11) is 1.52. The third kappa shape index (κ3) is 4.14. The van der Waals surface area contributed by atoms with E-state index < -0.39 is 5.63 Å². The van der Waals surface area contributed by atoms with Gasteiger partial charge in [0.05, 0.1) is 7.11 Å². The molecule has 0 unspecified atom stereocenters. The maximum absolute atomic E-state index is 13.1. The van der Waals surface area contributed by atoms with Gasteiger partial charge in [0.25, 0.3) is 5.91 Å². The van der Waals surface area contributed by atoms with Crippen molar-refractivity contribution in [3.8, 4) is 17.1 Å². The van der Waals surface area contributed by atoms with Crippen molar-refractivity contribution in [3.05, 3.63) is 83.0 Å². The number of ether oxygens (including phenoxy) is 1. The van der Waals surface area contributed by atoms with Gasteiger partial charge in [0.2, 0.25) is 0 Å². The highest BCUT2D eigenvalue weighted by Gasteiger charge is 2.27. The fourth-order valence-corrected chi connectivity index (χ4v) is 4.50.